The van der Waals surface area contributed by atoms with Crippen molar-refractivity contribution in [3.05, 3.63) is 0 Å². The molecule has 0 radical (unpaired) electrons. The van der Waals surface area contributed by atoms with Gasteiger partial charge in [0.1, 0.15) is 10.1 Å². The van der Waals surface area contributed by atoms with Gasteiger partial charge in [0.2, 0.25) is 0 Å². The summed E-state index contributed by atoms with van der Waals surface area (Å²) in [4.78, 5) is 0. The molecule has 4 nitrogen and oxygen atoms in total. The largest absolute Gasteiger partial charge is 1.00 e. The van der Waals surface area contributed by atoms with Crippen molar-refractivity contribution in [3.8, 4) is 0 Å². The molecule has 0 saturated carbocycles. The molecule has 128 valence electrons. The number of rotatable bonds is 14. The van der Waals surface area contributed by atoms with E-state index in [-0.39, 0.29) is 57.8 Å². The molecule has 0 fully saturated rings. The Morgan fingerprint density at radius 3 is 1.73 bits per heavy atom. The zero-order valence-electron chi connectivity index (χ0n) is 14.7. The first kappa shape index (κ1) is 25.7. The average Bonchev–Trinajstić information content (AvgIpc) is 2.40. The second-order valence-corrected chi connectivity index (χ2v) is 7.60. The molecule has 0 aliphatic rings. The fourth-order valence-electron chi connectivity index (χ4n) is 2.61. The van der Waals surface area contributed by atoms with Crippen molar-refractivity contribution in [2.45, 2.75) is 102 Å². The molecule has 0 rings (SSSR count). The van der Waals surface area contributed by atoms with Crippen molar-refractivity contribution in [3.63, 3.8) is 0 Å². The number of aliphatic hydroxyl groups is 1. The van der Waals surface area contributed by atoms with Crippen LogP contribution in [0.4, 0.5) is 0 Å². The van der Waals surface area contributed by atoms with Crippen LogP contribution < -0.4 is 51.4 Å². The van der Waals surface area contributed by atoms with Crippen LogP contribution in [0.3, 0.4) is 0 Å². The fraction of sp³-hybridized carbons (Fsp3) is 1.00. The van der Waals surface area contributed by atoms with Gasteiger partial charge in [-0.05, 0) is 12.8 Å². The Morgan fingerprint density at radius 2 is 1.27 bits per heavy atom. The molecule has 0 aliphatic carbocycles. The molecule has 2 atom stereocenters. The number of hydrogen-bond donors (Lipinski definition) is 1. The maximum atomic E-state index is 11.2. The zero-order chi connectivity index (χ0) is 16.1. The Balaban J connectivity index is 0. The van der Waals surface area contributed by atoms with Gasteiger partial charge in [0.25, 0.3) is 0 Å². The summed E-state index contributed by atoms with van der Waals surface area (Å²) in [6, 6.07) is 0. The van der Waals surface area contributed by atoms with Crippen LogP contribution in [0.1, 0.15) is 90.9 Å². The van der Waals surface area contributed by atoms with Crippen molar-refractivity contribution in [2.75, 3.05) is 0 Å². The third kappa shape index (κ3) is 13.9. The summed E-state index contributed by atoms with van der Waals surface area (Å²) in [5.41, 5.74) is 0. The summed E-state index contributed by atoms with van der Waals surface area (Å²) in [5, 5.41) is 8.84. The summed E-state index contributed by atoms with van der Waals surface area (Å²) >= 11 is 0. The third-order valence-electron chi connectivity index (χ3n) is 4.00. The zero-order valence-corrected chi connectivity index (χ0v) is 18.7. The molecule has 0 aromatic rings. The maximum absolute atomic E-state index is 11.2. The molecule has 0 amide bonds. The molecule has 0 aromatic carbocycles. The van der Waals surface area contributed by atoms with Crippen LogP contribution in [0.15, 0.2) is 0 Å². The quantitative estimate of drug-likeness (QED) is 0.285. The van der Waals surface area contributed by atoms with Crippen molar-refractivity contribution in [1.29, 1.82) is 0 Å². The average molecular weight is 361 g/mol. The van der Waals surface area contributed by atoms with Gasteiger partial charge in [0.15, 0.2) is 0 Å². The minimum Gasteiger partial charge on any atom is -0.748 e. The van der Waals surface area contributed by atoms with Crippen LogP contribution in [-0.4, -0.2) is 29.4 Å². The number of hydrogen-bond acceptors (Lipinski definition) is 4. The van der Waals surface area contributed by atoms with E-state index in [0.29, 0.717) is 12.8 Å². The predicted molar refractivity (Wildman–Crippen MR) is 86.2 cm³/mol. The fourth-order valence-corrected chi connectivity index (χ4v) is 3.58. The van der Waals surface area contributed by atoms with Crippen LogP contribution in [-0.2, 0) is 10.1 Å². The summed E-state index contributed by atoms with van der Waals surface area (Å²) in [5.74, 6) is 0. The Morgan fingerprint density at radius 1 is 0.818 bits per heavy atom. The van der Waals surface area contributed by atoms with E-state index >= 15 is 0 Å². The molecule has 0 aliphatic heterocycles. The first-order valence-electron chi connectivity index (χ1n) is 8.56. The molecular weight excluding hydrogens is 327 g/mol. The van der Waals surface area contributed by atoms with E-state index in [4.69, 9.17) is 0 Å². The van der Waals surface area contributed by atoms with E-state index in [0.717, 1.165) is 25.7 Å². The molecule has 2 unspecified atom stereocenters. The molecule has 22 heavy (non-hydrogen) atoms. The topological polar surface area (TPSA) is 77.4 Å². The second-order valence-electron chi connectivity index (χ2n) is 6.00. The normalized spacial score (nSPS) is 14.4. The number of aliphatic hydroxyl groups excluding tert-OH is 1. The van der Waals surface area contributed by atoms with Crippen molar-refractivity contribution >= 4 is 10.1 Å². The Kier molecular flexibility index (Phi) is 18.7. The van der Waals surface area contributed by atoms with Crippen molar-refractivity contribution in [1.82, 2.24) is 0 Å². The third-order valence-corrected chi connectivity index (χ3v) is 5.29. The summed E-state index contributed by atoms with van der Waals surface area (Å²) in [6.45, 7) is 4.14. The van der Waals surface area contributed by atoms with Crippen molar-refractivity contribution < 1.29 is 69.5 Å². The van der Waals surface area contributed by atoms with Crippen LogP contribution >= 0.6 is 0 Å². The maximum Gasteiger partial charge on any atom is 1.00 e. The van der Waals surface area contributed by atoms with Crippen molar-refractivity contribution in [2.24, 2.45) is 0 Å². The Bertz CT molecular complexity index is 333. The first-order chi connectivity index (χ1) is 9.93. The molecule has 0 aromatic heterocycles. The van der Waals surface area contributed by atoms with Gasteiger partial charge in [0.05, 0.1) is 11.4 Å². The summed E-state index contributed by atoms with van der Waals surface area (Å²) < 4.78 is 33.6. The predicted octanol–water partition coefficient (Wildman–Crippen LogP) is 0.986. The smallest absolute Gasteiger partial charge is 0.748 e. The SMILES string of the molecule is CCCCCCCCCCC(O)C(CCCC)S(=O)(=O)[O-].[K+]. The molecule has 0 spiro atoms. The van der Waals surface area contributed by atoms with Crippen LogP contribution in [0.2, 0.25) is 0 Å². The van der Waals surface area contributed by atoms with E-state index < -0.39 is 21.5 Å². The minimum atomic E-state index is -4.39. The Labute approximate surface area is 180 Å². The molecule has 0 bridgehead atoms. The molecular formula is C16H33KO4S. The van der Waals surface area contributed by atoms with E-state index in [9.17, 15) is 18.1 Å². The molecule has 0 heterocycles. The van der Waals surface area contributed by atoms with E-state index in [2.05, 4.69) is 6.92 Å². The van der Waals surface area contributed by atoms with Gasteiger partial charge in [-0.15, -0.1) is 0 Å². The molecule has 0 saturated heterocycles. The van der Waals surface area contributed by atoms with Gasteiger partial charge in [-0.25, -0.2) is 8.42 Å². The van der Waals surface area contributed by atoms with Crippen LogP contribution in [0.25, 0.3) is 0 Å². The summed E-state index contributed by atoms with van der Waals surface area (Å²) in [6.07, 6.45) is 10.4. The monoisotopic (exact) mass is 360 g/mol. The minimum absolute atomic E-state index is 0. The van der Waals surface area contributed by atoms with Crippen LogP contribution in [0, 0.1) is 0 Å². The van der Waals surface area contributed by atoms with Gasteiger partial charge in [-0.2, -0.15) is 0 Å². The second kappa shape index (κ2) is 16.0. The molecule has 6 heteroatoms. The first-order valence-corrected chi connectivity index (χ1v) is 10.0. The van der Waals surface area contributed by atoms with E-state index in [1.807, 2.05) is 6.92 Å². The standard InChI is InChI=1S/C16H34O4S.K/c1-3-5-7-8-9-10-11-12-13-15(17)16(14-6-4-2)21(18,19)20;/h15-17H,3-14H2,1-2H3,(H,18,19,20);/q;+1/p-1. The van der Waals surface area contributed by atoms with Gasteiger partial charge >= 0.3 is 51.4 Å². The molecule has 1 N–H and O–H groups in total. The van der Waals surface area contributed by atoms with E-state index in [1.165, 1.54) is 32.1 Å². The van der Waals surface area contributed by atoms with Crippen LogP contribution in [0.5, 0.6) is 0 Å². The Hall–Kier alpha value is 1.51. The number of unbranched alkanes of at least 4 members (excludes halogenated alkanes) is 8. The summed E-state index contributed by atoms with van der Waals surface area (Å²) in [7, 11) is -4.39. The van der Waals surface area contributed by atoms with Gasteiger partial charge in [-0.3, -0.25) is 0 Å². The van der Waals surface area contributed by atoms with Gasteiger partial charge in [0, 0.05) is 0 Å². The van der Waals surface area contributed by atoms with Gasteiger partial charge < -0.3 is 9.66 Å². The van der Waals surface area contributed by atoms with Gasteiger partial charge in [-0.1, -0.05) is 78.1 Å². The van der Waals surface area contributed by atoms with E-state index in [1.54, 1.807) is 0 Å².